The summed E-state index contributed by atoms with van der Waals surface area (Å²) in [6, 6.07) is 6.71. The third-order valence-corrected chi connectivity index (χ3v) is 5.00. The lowest BCUT2D eigenvalue weighted by molar-refractivity contribution is -0.123. The molecule has 1 fully saturated rings. The Kier molecular flexibility index (Phi) is 3.89. The Hall–Kier alpha value is -1.55. The van der Waals surface area contributed by atoms with Crippen LogP contribution in [0.3, 0.4) is 0 Å². The summed E-state index contributed by atoms with van der Waals surface area (Å²) in [4.78, 5) is 12.6. The zero-order valence-corrected chi connectivity index (χ0v) is 12.9. The van der Waals surface area contributed by atoms with E-state index in [9.17, 15) is 4.79 Å². The van der Waals surface area contributed by atoms with Crippen LogP contribution in [0.2, 0.25) is 0 Å². The summed E-state index contributed by atoms with van der Waals surface area (Å²) < 4.78 is 0. The number of rotatable bonds is 2. The van der Waals surface area contributed by atoms with Gasteiger partial charge in [-0.3, -0.25) is 4.79 Å². The molecule has 0 aromatic heterocycles. The number of benzene rings is 1. The lowest BCUT2D eigenvalue weighted by Crippen LogP contribution is -2.47. The van der Waals surface area contributed by atoms with E-state index in [1.54, 1.807) is 0 Å². The van der Waals surface area contributed by atoms with Gasteiger partial charge in [0.2, 0.25) is 5.91 Å². The molecular formula is C17H25N3O. The van der Waals surface area contributed by atoms with Gasteiger partial charge in [0.1, 0.15) is 6.04 Å². The van der Waals surface area contributed by atoms with E-state index >= 15 is 0 Å². The molecule has 21 heavy (non-hydrogen) atoms. The summed E-state index contributed by atoms with van der Waals surface area (Å²) in [6.45, 7) is 4.21. The Bertz CT molecular complexity index is 535. The van der Waals surface area contributed by atoms with Crippen molar-refractivity contribution in [3.05, 3.63) is 29.3 Å². The molecule has 0 spiro atoms. The normalized spacial score (nSPS) is 31.4. The van der Waals surface area contributed by atoms with Crippen molar-refractivity contribution in [2.24, 2.45) is 5.73 Å². The van der Waals surface area contributed by atoms with Crippen molar-refractivity contribution in [1.82, 2.24) is 5.32 Å². The minimum absolute atomic E-state index is 0.124. The smallest absolute Gasteiger partial charge is 0.243 e. The summed E-state index contributed by atoms with van der Waals surface area (Å²) in [5.41, 5.74) is 9.51. The van der Waals surface area contributed by atoms with Gasteiger partial charge in [0.15, 0.2) is 0 Å². The zero-order valence-electron chi connectivity index (χ0n) is 12.9. The van der Waals surface area contributed by atoms with Gasteiger partial charge in [-0.05, 0) is 43.7 Å². The molecule has 4 heteroatoms. The van der Waals surface area contributed by atoms with Crippen LogP contribution in [-0.4, -0.2) is 24.0 Å². The molecule has 2 atom stereocenters. The van der Waals surface area contributed by atoms with E-state index in [0.29, 0.717) is 6.04 Å². The highest BCUT2D eigenvalue weighted by Gasteiger charge is 2.35. The molecule has 114 valence electrons. The molecule has 1 aromatic rings. The molecule has 4 nitrogen and oxygen atoms in total. The van der Waals surface area contributed by atoms with Crippen molar-refractivity contribution in [3.8, 4) is 0 Å². The molecule has 1 aromatic carbocycles. The largest absolute Gasteiger partial charge is 0.373 e. The average Bonchev–Trinajstić information content (AvgIpc) is 2.81. The Morgan fingerprint density at radius 3 is 2.67 bits per heavy atom. The van der Waals surface area contributed by atoms with Gasteiger partial charge >= 0.3 is 0 Å². The minimum Gasteiger partial charge on any atom is -0.373 e. The van der Waals surface area contributed by atoms with Crippen molar-refractivity contribution < 1.29 is 4.79 Å². The van der Waals surface area contributed by atoms with Gasteiger partial charge in [-0.25, -0.2) is 0 Å². The number of aryl methyl sites for hydroxylation is 1. The molecule has 2 unspecified atom stereocenters. The van der Waals surface area contributed by atoms with Crippen LogP contribution in [-0.2, 0) is 4.79 Å². The van der Waals surface area contributed by atoms with Gasteiger partial charge in [-0.15, -0.1) is 0 Å². The van der Waals surface area contributed by atoms with Crippen molar-refractivity contribution in [1.29, 1.82) is 0 Å². The maximum absolute atomic E-state index is 12.6. The topological polar surface area (TPSA) is 67.2 Å². The van der Waals surface area contributed by atoms with E-state index < -0.39 is 0 Å². The van der Waals surface area contributed by atoms with E-state index in [0.717, 1.165) is 31.4 Å². The molecule has 1 aliphatic heterocycles. The number of carbonyl (C=O) groups excluding carboxylic acids is 1. The summed E-state index contributed by atoms with van der Waals surface area (Å²) in [7, 11) is 0. The fourth-order valence-electron chi connectivity index (χ4n) is 3.57. The number of nitrogens with two attached hydrogens (primary N) is 1. The standard InChI is InChI=1S/C17H25N3O/c1-10-4-3-5-14-11(2)16(20-15(10)14)17(21)19-13-8-6-12(18)7-9-13/h3-5,11-13,16,20H,6-9,18H2,1-2H3,(H,19,21)/t11?,12-,13-,16?. The first-order valence-corrected chi connectivity index (χ1v) is 7.98. The Balaban J connectivity index is 1.66. The van der Waals surface area contributed by atoms with Gasteiger partial charge in [0.25, 0.3) is 0 Å². The molecule has 1 heterocycles. The monoisotopic (exact) mass is 287 g/mol. The molecule has 2 aliphatic rings. The van der Waals surface area contributed by atoms with Gasteiger partial charge in [0.05, 0.1) is 0 Å². The van der Waals surface area contributed by atoms with Gasteiger partial charge < -0.3 is 16.4 Å². The average molecular weight is 287 g/mol. The molecule has 1 saturated carbocycles. The fourth-order valence-corrected chi connectivity index (χ4v) is 3.57. The van der Waals surface area contributed by atoms with Crippen molar-refractivity contribution in [2.75, 3.05) is 5.32 Å². The van der Waals surface area contributed by atoms with Crippen LogP contribution in [0.1, 0.15) is 49.7 Å². The molecular weight excluding hydrogens is 262 g/mol. The van der Waals surface area contributed by atoms with Crippen LogP contribution in [0.4, 0.5) is 5.69 Å². The van der Waals surface area contributed by atoms with Crippen LogP contribution < -0.4 is 16.4 Å². The number of nitrogens with one attached hydrogen (secondary N) is 2. The molecule has 4 N–H and O–H groups in total. The number of anilines is 1. The van der Waals surface area contributed by atoms with E-state index in [1.807, 2.05) is 0 Å². The van der Waals surface area contributed by atoms with Gasteiger partial charge in [0, 0.05) is 23.7 Å². The van der Waals surface area contributed by atoms with Crippen LogP contribution in [0.25, 0.3) is 0 Å². The number of fused-ring (bicyclic) bond motifs is 1. The second-order valence-corrected chi connectivity index (χ2v) is 6.57. The second-order valence-electron chi connectivity index (χ2n) is 6.57. The van der Waals surface area contributed by atoms with Crippen molar-refractivity contribution in [3.63, 3.8) is 0 Å². The quantitative estimate of drug-likeness (QED) is 0.782. The van der Waals surface area contributed by atoms with Crippen LogP contribution >= 0.6 is 0 Å². The Morgan fingerprint density at radius 2 is 2.00 bits per heavy atom. The lowest BCUT2D eigenvalue weighted by atomic mass is 9.91. The summed E-state index contributed by atoms with van der Waals surface area (Å²) in [5.74, 6) is 0.337. The number of hydrogen-bond donors (Lipinski definition) is 3. The highest BCUT2D eigenvalue weighted by Crippen LogP contribution is 2.37. The predicted molar refractivity (Wildman–Crippen MR) is 85.4 cm³/mol. The van der Waals surface area contributed by atoms with E-state index in [2.05, 4.69) is 42.7 Å². The summed E-state index contributed by atoms with van der Waals surface area (Å²) in [6.07, 6.45) is 4.02. The predicted octanol–water partition coefficient (Wildman–Crippen LogP) is 2.28. The molecule has 0 saturated heterocycles. The van der Waals surface area contributed by atoms with E-state index in [4.69, 9.17) is 5.73 Å². The first-order valence-electron chi connectivity index (χ1n) is 7.98. The third-order valence-electron chi connectivity index (χ3n) is 5.00. The second kappa shape index (κ2) is 5.68. The highest BCUT2D eigenvalue weighted by atomic mass is 16.2. The lowest BCUT2D eigenvalue weighted by Gasteiger charge is -2.28. The summed E-state index contributed by atoms with van der Waals surface area (Å²) in [5, 5.41) is 6.62. The number of hydrogen-bond acceptors (Lipinski definition) is 3. The third kappa shape index (κ3) is 2.77. The van der Waals surface area contributed by atoms with E-state index in [1.165, 1.54) is 11.1 Å². The van der Waals surface area contributed by atoms with Crippen molar-refractivity contribution >= 4 is 11.6 Å². The Labute approximate surface area is 126 Å². The molecule has 0 bridgehead atoms. The maximum Gasteiger partial charge on any atom is 0.243 e. The zero-order chi connectivity index (χ0) is 15.0. The number of para-hydroxylation sites is 1. The first-order chi connectivity index (χ1) is 10.1. The molecule has 1 amide bonds. The van der Waals surface area contributed by atoms with Gasteiger partial charge in [-0.1, -0.05) is 25.1 Å². The molecule has 1 aliphatic carbocycles. The highest BCUT2D eigenvalue weighted by molar-refractivity contribution is 5.89. The first kappa shape index (κ1) is 14.4. The SMILES string of the molecule is Cc1cccc2c1NC(C(=O)N[C@H]1CC[C@H](N)CC1)C2C. The number of amides is 1. The van der Waals surface area contributed by atoms with Crippen LogP contribution in [0, 0.1) is 6.92 Å². The Morgan fingerprint density at radius 1 is 1.29 bits per heavy atom. The molecule has 0 radical (unpaired) electrons. The minimum atomic E-state index is -0.156. The van der Waals surface area contributed by atoms with Crippen molar-refractivity contribution in [2.45, 2.75) is 63.6 Å². The van der Waals surface area contributed by atoms with E-state index in [-0.39, 0.29) is 23.9 Å². The fraction of sp³-hybridized carbons (Fsp3) is 0.588. The van der Waals surface area contributed by atoms with Gasteiger partial charge in [-0.2, -0.15) is 0 Å². The number of carbonyl (C=O) groups is 1. The van der Waals surface area contributed by atoms with Crippen LogP contribution in [0.5, 0.6) is 0 Å². The van der Waals surface area contributed by atoms with Crippen LogP contribution in [0.15, 0.2) is 18.2 Å². The molecule has 3 rings (SSSR count). The summed E-state index contributed by atoms with van der Waals surface area (Å²) >= 11 is 0. The maximum atomic E-state index is 12.6.